The average molecular weight is 666 g/mol. The summed E-state index contributed by atoms with van der Waals surface area (Å²) in [5.41, 5.74) is 1.40. The molecule has 3 aromatic carbocycles. The molecule has 0 radical (unpaired) electrons. The molecule has 45 heavy (non-hydrogen) atoms. The van der Waals surface area contributed by atoms with Gasteiger partial charge in [0.1, 0.15) is 5.70 Å². The van der Waals surface area contributed by atoms with Crippen LogP contribution in [0.3, 0.4) is 0 Å². The molecule has 0 saturated carbocycles. The number of amides is 3. The number of thioether (sulfide) groups is 2. The van der Waals surface area contributed by atoms with Gasteiger partial charge in [0.25, 0.3) is 11.8 Å². The first kappa shape index (κ1) is 33.4. The molecule has 0 spiro atoms. The summed E-state index contributed by atoms with van der Waals surface area (Å²) >= 11 is 4.00. The van der Waals surface area contributed by atoms with E-state index in [0.717, 1.165) is 22.2 Å². The number of hydrogen-bond acceptors (Lipinski definition) is 11. The molecule has 234 valence electrons. The number of aromatic nitrogens is 2. The number of nitrogens with zero attached hydrogens (tertiary/aromatic N) is 2. The maximum absolute atomic E-state index is 13.5. The van der Waals surface area contributed by atoms with E-state index in [1.807, 2.05) is 6.92 Å². The predicted molar refractivity (Wildman–Crippen MR) is 179 cm³/mol. The minimum absolute atomic E-state index is 0.00887. The lowest BCUT2D eigenvalue weighted by Crippen LogP contribution is -2.30. The topological polar surface area (TPSA) is 141 Å². The van der Waals surface area contributed by atoms with Gasteiger partial charge in [-0.15, -0.1) is 11.8 Å². The Labute approximate surface area is 273 Å². The summed E-state index contributed by atoms with van der Waals surface area (Å²) in [6, 6.07) is 18.9. The Morgan fingerprint density at radius 2 is 1.58 bits per heavy atom. The van der Waals surface area contributed by atoms with Crippen molar-refractivity contribution in [3.05, 3.63) is 83.6 Å². The maximum Gasteiger partial charge on any atom is 0.272 e. The van der Waals surface area contributed by atoms with Crippen molar-refractivity contribution in [1.29, 1.82) is 0 Å². The number of nitrogens with one attached hydrogen (secondary N) is 3. The first-order chi connectivity index (χ1) is 21.8. The molecule has 0 bridgehead atoms. The third-order valence-corrected chi connectivity index (χ3v) is 8.42. The van der Waals surface area contributed by atoms with Crippen LogP contribution in [-0.4, -0.2) is 59.9 Å². The number of rotatable bonds is 14. The van der Waals surface area contributed by atoms with Crippen LogP contribution in [0, 0.1) is 0 Å². The van der Waals surface area contributed by atoms with Gasteiger partial charge in [-0.2, -0.15) is 9.36 Å². The number of hydrogen-bond donors (Lipinski definition) is 3. The average Bonchev–Trinajstić information content (AvgIpc) is 3.50. The molecule has 0 atom stereocenters. The largest absolute Gasteiger partial charge is 0.493 e. The quantitative estimate of drug-likeness (QED) is 0.112. The maximum atomic E-state index is 13.5. The third kappa shape index (κ3) is 9.48. The molecule has 11 nitrogen and oxygen atoms in total. The van der Waals surface area contributed by atoms with E-state index in [2.05, 4.69) is 25.3 Å². The number of anilines is 2. The zero-order chi connectivity index (χ0) is 32.2. The van der Waals surface area contributed by atoms with E-state index < -0.39 is 11.8 Å². The van der Waals surface area contributed by atoms with Crippen LogP contribution in [0.1, 0.15) is 22.8 Å². The zero-order valence-corrected chi connectivity index (χ0v) is 27.4. The Morgan fingerprint density at radius 1 is 0.889 bits per heavy atom. The van der Waals surface area contributed by atoms with Crippen LogP contribution in [0.15, 0.2) is 82.5 Å². The molecular formula is C31H31N5O6S3. The minimum Gasteiger partial charge on any atom is -0.493 e. The smallest absolute Gasteiger partial charge is 0.272 e. The van der Waals surface area contributed by atoms with E-state index in [1.54, 1.807) is 66.7 Å². The van der Waals surface area contributed by atoms with Crippen molar-refractivity contribution in [1.82, 2.24) is 14.7 Å². The van der Waals surface area contributed by atoms with Crippen LogP contribution >= 0.6 is 35.1 Å². The molecule has 4 rings (SSSR count). The second-order valence-electron chi connectivity index (χ2n) is 8.97. The third-order valence-electron chi connectivity index (χ3n) is 5.94. The van der Waals surface area contributed by atoms with Gasteiger partial charge in [-0.3, -0.25) is 19.7 Å². The Bertz CT molecular complexity index is 1640. The summed E-state index contributed by atoms with van der Waals surface area (Å²) in [5, 5.41) is 9.40. The summed E-state index contributed by atoms with van der Waals surface area (Å²) < 4.78 is 20.5. The van der Waals surface area contributed by atoms with Gasteiger partial charge in [-0.05, 0) is 65.9 Å². The van der Waals surface area contributed by atoms with Crippen LogP contribution < -0.4 is 30.2 Å². The molecule has 14 heteroatoms. The van der Waals surface area contributed by atoms with Gasteiger partial charge in [0.15, 0.2) is 11.5 Å². The summed E-state index contributed by atoms with van der Waals surface area (Å²) in [6.07, 6.45) is 1.52. The van der Waals surface area contributed by atoms with E-state index >= 15 is 0 Å². The highest BCUT2D eigenvalue weighted by Crippen LogP contribution is 2.38. The van der Waals surface area contributed by atoms with Gasteiger partial charge in [0.05, 0.1) is 27.1 Å². The van der Waals surface area contributed by atoms with Crippen LogP contribution in [0.2, 0.25) is 0 Å². The molecule has 1 heterocycles. The van der Waals surface area contributed by atoms with Crippen LogP contribution in [0.5, 0.6) is 17.2 Å². The second kappa shape index (κ2) is 16.5. The van der Waals surface area contributed by atoms with Crippen molar-refractivity contribution in [2.75, 3.05) is 43.5 Å². The second-order valence-corrected chi connectivity index (χ2v) is 12.0. The summed E-state index contributed by atoms with van der Waals surface area (Å²) in [4.78, 5) is 44.0. The van der Waals surface area contributed by atoms with Crippen molar-refractivity contribution in [3.8, 4) is 17.2 Å². The van der Waals surface area contributed by atoms with Crippen molar-refractivity contribution in [2.45, 2.75) is 17.0 Å². The molecular weight excluding hydrogens is 635 g/mol. The van der Waals surface area contributed by atoms with Crippen LogP contribution in [0.4, 0.5) is 10.8 Å². The van der Waals surface area contributed by atoms with Crippen molar-refractivity contribution >= 4 is 69.7 Å². The SMILES string of the molecule is CCSc1nsc(NC(=O)CSc2ccc(NC(=O)/C(=C/c3cc(OC)c(OC)c(OC)c3)NC(=O)c3ccccc3)cc2)n1. The van der Waals surface area contributed by atoms with Crippen LogP contribution in [0.25, 0.3) is 6.08 Å². The fourth-order valence-electron chi connectivity index (χ4n) is 3.88. The monoisotopic (exact) mass is 665 g/mol. The Morgan fingerprint density at radius 3 is 2.20 bits per heavy atom. The summed E-state index contributed by atoms with van der Waals surface area (Å²) in [5.74, 6) is 1.00. The van der Waals surface area contributed by atoms with Crippen molar-refractivity contribution in [3.63, 3.8) is 0 Å². The van der Waals surface area contributed by atoms with E-state index in [-0.39, 0.29) is 17.4 Å². The molecule has 3 N–H and O–H groups in total. The first-order valence-corrected chi connectivity index (χ1v) is 16.3. The number of benzene rings is 3. The first-order valence-electron chi connectivity index (χ1n) is 13.5. The van der Waals surface area contributed by atoms with Crippen molar-refractivity contribution < 1.29 is 28.6 Å². The van der Waals surface area contributed by atoms with Gasteiger partial charge in [-0.1, -0.05) is 36.9 Å². The highest BCUT2D eigenvalue weighted by Gasteiger charge is 2.18. The number of ether oxygens (including phenoxy) is 3. The van der Waals surface area contributed by atoms with Crippen molar-refractivity contribution in [2.24, 2.45) is 0 Å². The standard InChI is InChI=1S/C31H31N5O6S3/c1-5-43-31-35-30(45-36-31)34-26(37)18-44-22-13-11-21(12-14-22)32-29(39)23(33-28(38)20-9-7-6-8-10-20)15-19-16-24(40-2)27(42-4)25(17-19)41-3/h6-17H,5,18H2,1-4H3,(H,32,39)(H,33,38)(H,34,35,36,37)/b23-15-. The molecule has 4 aromatic rings. The van der Waals surface area contributed by atoms with E-state index in [4.69, 9.17) is 14.2 Å². The number of carbonyl (C=O) groups excluding carboxylic acids is 3. The molecule has 0 fully saturated rings. The lowest BCUT2D eigenvalue weighted by molar-refractivity contribution is -0.114. The van der Waals surface area contributed by atoms with E-state index in [1.165, 1.54) is 50.9 Å². The number of carbonyl (C=O) groups is 3. The minimum atomic E-state index is -0.550. The van der Waals surface area contributed by atoms with Gasteiger partial charge in [0, 0.05) is 27.7 Å². The molecule has 0 aliphatic rings. The lowest BCUT2D eigenvalue weighted by atomic mass is 10.1. The number of methoxy groups -OCH3 is 3. The van der Waals surface area contributed by atoms with Gasteiger partial charge in [0.2, 0.25) is 21.9 Å². The van der Waals surface area contributed by atoms with E-state index in [9.17, 15) is 14.4 Å². The Kier molecular flexibility index (Phi) is 12.2. The summed E-state index contributed by atoms with van der Waals surface area (Å²) in [7, 11) is 4.48. The molecule has 1 aromatic heterocycles. The molecule has 0 unspecified atom stereocenters. The lowest BCUT2D eigenvalue weighted by Gasteiger charge is -2.15. The fourth-order valence-corrected chi connectivity index (χ4v) is 5.86. The van der Waals surface area contributed by atoms with E-state index in [0.29, 0.717) is 44.4 Å². The molecule has 3 amide bonds. The normalized spacial score (nSPS) is 11.0. The highest BCUT2D eigenvalue weighted by molar-refractivity contribution is 8.00. The Hall–Kier alpha value is -4.53. The molecule has 0 aliphatic heterocycles. The van der Waals surface area contributed by atoms with Gasteiger partial charge in [-0.25, -0.2) is 0 Å². The highest BCUT2D eigenvalue weighted by atomic mass is 32.2. The molecule has 0 saturated heterocycles. The summed E-state index contributed by atoms with van der Waals surface area (Å²) in [6.45, 7) is 2.01. The molecule has 0 aliphatic carbocycles. The van der Waals surface area contributed by atoms with Crippen LogP contribution in [-0.2, 0) is 9.59 Å². The predicted octanol–water partition coefficient (Wildman–Crippen LogP) is 5.82. The van der Waals surface area contributed by atoms with Gasteiger partial charge >= 0.3 is 0 Å². The van der Waals surface area contributed by atoms with Gasteiger partial charge < -0.3 is 24.8 Å². The Balaban J connectivity index is 1.47. The fraction of sp³-hybridized carbons (Fsp3) is 0.194. The zero-order valence-electron chi connectivity index (χ0n) is 24.9.